The number of methoxy groups -OCH3 is 1. The Balaban J connectivity index is 2.49. The number of rotatable bonds is 5. The van der Waals surface area contributed by atoms with Crippen molar-refractivity contribution in [3.63, 3.8) is 0 Å². The zero-order valence-corrected chi connectivity index (χ0v) is 10.5. The molecule has 94 valence electrons. The van der Waals surface area contributed by atoms with Gasteiger partial charge in [-0.3, -0.25) is 9.69 Å². The number of carbonyl (C=O) groups is 1. The molecule has 5 heteroatoms. The first-order chi connectivity index (χ1) is 7.69. The van der Waals surface area contributed by atoms with Crippen molar-refractivity contribution >= 4 is 5.91 Å². The van der Waals surface area contributed by atoms with Crippen molar-refractivity contribution in [2.24, 2.45) is 5.92 Å². The van der Waals surface area contributed by atoms with Crippen LogP contribution in [-0.4, -0.2) is 63.8 Å². The summed E-state index contributed by atoms with van der Waals surface area (Å²) >= 11 is 0. The average molecular weight is 229 g/mol. The largest absolute Gasteiger partial charge is 0.384 e. The molecule has 1 saturated heterocycles. The minimum Gasteiger partial charge on any atom is -0.384 e. The Hall–Kier alpha value is -0.650. The second kappa shape index (κ2) is 6.83. The van der Waals surface area contributed by atoms with Gasteiger partial charge in [-0.1, -0.05) is 6.92 Å². The summed E-state index contributed by atoms with van der Waals surface area (Å²) in [6, 6.07) is -0.0435. The van der Waals surface area contributed by atoms with Crippen LogP contribution in [0.25, 0.3) is 0 Å². The lowest BCUT2D eigenvalue weighted by atomic mass is 10.1. The smallest absolute Gasteiger partial charge is 0.238 e. The van der Waals surface area contributed by atoms with Gasteiger partial charge < -0.3 is 15.4 Å². The summed E-state index contributed by atoms with van der Waals surface area (Å²) in [5.41, 5.74) is 0. The van der Waals surface area contributed by atoms with Gasteiger partial charge in [0, 0.05) is 46.9 Å². The summed E-state index contributed by atoms with van der Waals surface area (Å²) in [5.74, 6) is 0.548. The minimum absolute atomic E-state index is 0.0435. The van der Waals surface area contributed by atoms with Gasteiger partial charge in [0.05, 0.1) is 0 Å². The third-order valence-electron chi connectivity index (χ3n) is 2.90. The fourth-order valence-electron chi connectivity index (χ4n) is 2.13. The van der Waals surface area contributed by atoms with E-state index in [4.69, 9.17) is 4.74 Å². The van der Waals surface area contributed by atoms with Crippen LogP contribution < -0.4 is 10.6 Å². The molecule has 0 aromatic carbocycles. The summed E-state index contributed by atoms with van der Waals surface area (Å²) in [7, 11) is 3.40. The molecule has 5 nitrogen and oxygen atoms in total. The lowest BCUT2D eigenvalue weighted by Gasteiger charge is -2.36. The standard InChI is InChI=1S/C11H23N3O2/c1-9(8-16-3)7-14-5-4-13-6-10(14)11(15)12-2/h9-10,13H,4-8H2,1-3H3,(H,12,15). The zero-order valence-electron chi connectivity index (χ0n) is 10.5. The maximum absolute atomic E-state index is 11.7. The molecule has 2 unspecified atom stereocenters. The predicted octanol–water partition coefficient (Wildman–Crippen LogP) is -0.711. The Kier molecular flexibility index (Phi) is 5.73. The van der Waals surface area contributed by atoms with Gasteiger partial charge in [-0.05, 0) is 5.92 Å². The number of piperazine rings is 1. The van der Waals surface area contributed by atoms with Crippen molar-refractivity contribution in [2.75, 3.05) is 46.9 Å². The van der Waals surface area contributed by atoms with Crippen LogP contribution in [0, 0.1) is 5.92 Å². The third kappa shape index (κ3) is 3.73. The van der Waals surface area contributed by atoms with Crippen LogP contribution in [0.1, 0.15) is 6.92 Å². The van der Waals surface area contributed by atoms with Crippen LogP contribution in [-0.2, 0) is 9.53 Å². The molecule has 0 radical (unpaired) electrons. The second-order valence-electron chi connectivity index (χ2n) is 4.39. The molecule has 1 aliphatic rings. The van der Waals surface area contributed by atoms with Gasteiger partial charge in [0.1, 0.15) is 6.04 Å². The van der Waals surface area contributed by atoms with E-state index in [0.717, 1.165) is 32.8 Å². The van der Waals surface area contributed by atoms with Gasteiger partial charge in [-0.15, -0.1) is 0 Å². The summed E-state index contributed by atoms with van der Waals surface area (Å²) in [6.07, 6.45) is 0. The van der Waals surface area contributed by atoms with Crippen molar-refractivity contribution in [3.8, 4) is 0 Å². The van der Waals surface area contributed by atoms with Crippen LogP contribution in [0.3, 0.4) is 0 Å². The van der Waals surface area contributed by atoms with Gasteiger partial charge >= 0.3 is 0 Å². The molecule has 16 heavy (non-hydrogen) atoms. The van der Waals surface area contributed by atoms with Crippen LogP contribution >= 0.6 is 0 Å². The second-order valence-corrected chi connectivity index (χ2v) is 4.39. The first kappa shape index (κ1) is 13.4. The van der Waals surface area contributed by atoms with Gasteiger partial charge in [0.15, 0.2) is 0 Å². The fourth-order valence-corrected chi connectivity index (χ4v) is 2.13. The van der Waals surface area contributed by atoms with Crippen LogP contribution in [0.4, 0.5) is 0 Å². The molecule has 1 fully saturated rings. The zero-order chi connectivity index (χ0) is 12.0. The average Bonchev–Trinajstić information content (AvgIpc) is 2.29. The summed E-state index contributed by atoms with van der Waals surface area (Å²) in [6.45, 7) is 6.41. The van der Waals surface area contributed by atoms with E-state index >= 15 is 0 Å². The fraction of sp³-hybridized carbons (Fsp3) is 0.909. The van der Waals surface area contributed by atoms with Gasteiger partial charge in [-0.2, -0.15) is 0 Å². The number of likely N-dealkylation sites (N-methyl/N-ethyl adjacent to an activating group) is 1. The SMILES string of the molecule is CNC(=O)C1CNCCN1CC(C)COC. The Morgan fingerprint density at radius 1 is 1.69 bits per heavy atom. The topological polar surface area (TPSA) is 53.6 Å². The third-order valence-corrected chi connectivity index (χ3v) is 2.90. The Bertz CT molecular complexity index is 223. The van der Waals surface area contributed by atoms with E-state index in [9.17, 15) is 4.79 Å². The van der Waals surface area contributed by atoms with Gasteiger partial charge in [-0.25, -0.2) is 0 Å². The number of hydrogen-bond acceptors (Lipinski definition) is 4. The molecule has 0 aromatic rings. The molecule has 1 rings (SSSR count). The van der Waals surface area contributed by atoms with Crippen LogP contribution in [0.5, 0.6) is 0 Å². The Morgan fingerprint density at radius 2 is 2.44 bits per heavy atom. The van der Waals surface area contributed by atoms with Gasteiger partial charge in [0.25, 0.3) is 0 Å². The van der Waals surface area contributed by atoms with Gasteiger partial charge in [0.2, 0.25) is 5.91 Å². The number of carbonyl (C=O) groups excluding carboxylic acids is 1. The normalized spacial score (nSPS) is 24.1. The van der Waals surface area contributed by atoms with Crippen molar-refractivity contribution < 1.29 is 9.53 Å². The van der Waals surface area contributed by atoms with E-state index in [1.165, 1.54) is 0 Å². The highest BCUT2D eigenvalue weighted by atomic mass is 16.5. The first-order valence-electron chi connectivity index (χ1n) is 5.84. The molecule has 1 heterocycles. The summed E-state index contributed by atoms with van der Waals surface area (Å²) in [5, 5.41) is 5.97. The lowest BCUT2D eigenvalue weighted by Crippen LogP contribution is -2.58. The number of amides is 1. The summed E-state index contributed by atoms with van der Waals surface area (Å²) < 4.78 is 5.12. The highest BCUT2D eigenvalue weighted by molar-refractivity contribution is 5.81. The molecule has 1 aliphatic heterocycles. The predicted molar refractivity (Wildman–Crippen MR) is 63.3 cm³/mol. The quantitative estimate of drug-likeness (QED) is 0.654. The highest BCUT2D eigenvalue weighted by Gasteiger charge is 2.28. The van der Waals surface area contributed by atoms with Crippen molar-refractivity contribution in [2.45, 2.75) is 13.0 Å². The van der Waals surface area contributed by atoms with E-state index in [0.29, 0.717) is 5.92 Å². The number of ether oxygens (including phenoxy) is 1. The number of nitrogens with one attached hydrogen (secondary N) is 2. The maximum Gasteiger partial charge on any atom is 0.238 e. The van der Waals surface area contributed by atoms with Crippen molar-refractivity contribution in [1.82, 2.24) is 15.5 Å². The molecule has 0 aliphatic carbocycles. The molecule has 0 aromatic heterocycles. The molecular weight excluding hydrogens is 206 g/mol. The van der Waals surface area contributed by atoms with Crippen LogP contribution in [0.2, 0.25) is 0 Å². The molecule has 1 amide bonds. The lowest BCUT2D eigenvalue weighted by molar-refractivity contribution is -0.126. The van der Waals surface area contributed by atoms with E-state index < -0.39 is 0 Å². The Labute approximate surface area is 97.5 Å². The van der Waals surface area contributed by atoms with Crippen molar-refractivity contribution in [1.29, 1.82) is 0 Å². The monoisotopic (exact) mass is 229 g/mol. The Morgan fingerprint density at radius 3 is 3.06 bits per heavy atom. The molecule has 0 bridgehead atoms. The van der Waals surface area contributed by atoms with E-state index in [1.807, 2.05) is 0 Å². The molecule has 2 N–H and O–H groups in total. The first-order valence-corrected chi connectivity index (χ1v) is 5.84. The van der Waals surface area contributed by atoms with E-state index in [2.05, 4.69) is 22.5 Å². The van der Waals surface area contributed by atoms with Crippen LogP contribution in [0.15, 0.2) is 0 Å². The maximum atomic E-state index is 11.7. The minimum atomic E-state index is -0.0435. The summed E-state index contributed by atoms with van der Waals surface area (Å²) in [4.78, 5) is 13.9. The van der Waals surface area contributed by atoms with E-state index in [-0.39, 0.29) is 11.9 Å². The number of hydrogen-bond donors (Lipinski definition) is 2. The molecule has 0 spiro atoms. The molecule has 0 saturated carbocycles. The van der Waals surface area contributed by atoms with E-state index in [1.54, 1.807) is 14.2 Å². The molecule has 2 atom stereocenters. The highest BCUT2D eigenvalue weighted by Crippen LogP contribution is 2.08. The molecular formula is C11H23N3O2. The number of nitrogens with zero attached hydrogens (tertiary/aromatic N) is 1. The van der Waals surface area contributed by atoms with Crippen molar-refractivity contribution in [3.05, 3.63) is 0 Å².